The van der Waals surface area contributed by atoms with E-state index in [0.29, 0.717) is 23.8 Å². The molecule has 2 heterocycles. The van der Waals surface area contributed by atoms with Gasteiger partial charge in [0.25, 0.3) is 0 Å². The fraction of sp³-hybridized carbons (Fsp3) is 0.450. The summed E-state index contributed by atoms with van der Waals surface area (Å²) in [6, 6.07) is 7.46. The van der Waals surface area contributed by atoms with E-state index in [0.717, 1.165) is 36.0 Å². The summed E-state index contributed by atoms with van der Waals surface area (Å²) < 4.78 is 0. The molecule has 0 saturated carbocycles. The van der Waals surface area contributed by atoms with Crippen LogP contribution in [0.2, 0.25) is 5.02 Å². The molecule has 1 saturated heterocycles. The molecule has 0 radical (unpaired) electrons. The van der Waals surface area contributed by atoms with Crippen LogP contribution in [0.5, 0.6) is 0 Å². The minimum atomic E-state index is -0.101. The zero-order valence-corrected chi connectivity index (χ0v) is 17.0. The number of piperazine rings is 1. The lowest BCUT2D eigenvalue weighted by molar-refractivity contribution is 0.208. The van der Waals surface area contributed by atoms with Crippen LogP contribution in [0.15, 0.2) is 24.3 Å². The number of nitrogens with one attached hydrogen (secondary N) is 1. The topological polar surface area (TPSA) is 61.4 Å². The van der Waals surface area contributed by atoms with Gasteiger partial charge in [-0.2, -0.15) is 0 Å². The van der Waals surface area contributed by atoms with Crippen LogP contribution < -0.4 is 10.2 Å². The summed E-state index contributed by atoms with van der Waals surface area (Å²) in [4.78, 5) is 25.8. The Hall–Kier alpha value is -2.34. The van der Waals surface area contributed by atoms with Gasteiger partial charge in [-0.25, -0.2) is 14.8 Å². The number of rotatable bonds is 3. The van der Waals surface area contributed by atoms with Crippen LogP contribution in [-0.2, 0) is 0 Å². The molecular weight excluding hydrogens is 362 g/mol. The Kier molecular flexibility index (Phi) is 5.85. The Balaban J connectivity index is 1.61. The van der Waals surface area contributed by atoms with Crippen molar-refractivity contribution in [2.75, 3.05) is 36.4 Å². The average Bonchev–Trinajstić information content (AvgIpc) is 2.64. The molecular formula is C20H26ClN5O. The van der Waals surface area contributed by atoms with E-state index < -0.39 is 0 Å². The van der Waals surface area contributed by atoms with Gasteiger partial charge >= 0.3 is 6.03 Å². The molecule has 0 aliphatic carbocycles. The second-order valence-electron chi connectivity index (χ2n) is 7.25. The minimum Gasteiger partial charge on any atom is -0.353 e. The third-order valence-electron chi connectivity index (χ3n) is 4.69. The summed E-state index contributed by atoms with van der Waals surface area (Å²) >= 11 is 6.13. The molecule has 3 rings (SSSR count). The summed E-state index contributed by atoms with van der Waals surface area (Å²) in [5.41, 5.74) is 2.68. The van der Waals surface area contributed by atoms with Gasteiger partial charge in [0.05, 0.1) is 0 Å². The van der Waals surface area contributed by atoms with Gasteiger partial charge in [-0.1, -0.05) is 31.5 Å². The molecule has 6 nitrogen and oxygen atoms in total. The number of aryl methyl sites for hydroxylation is 2. The molecule has 1 fully saturated rings. The Morgan fingerprint density at radius 3 is 2.44 bits per heavy atom. The maximum Gasteiger partial charge on any atom is 0.321 e. The highest BCUT2D eigenvalue weighted by Gasteiger charge is 2.23. The second-order valence-corrected chi connectivity index (χ2v) is 7.66. The van der Waals surface area contributed by atoms with E-state index in [1.807, 2.05) is 36.9 Å². The number of hydrogen-bond acceptors (Lipinski definition) is 4. The fourth-order valence-electron chi connectivity index (χ4n) is 3.01. The first-order valence-corrected chi connectivity index (χ1v) is 9.64. The lowest BCUT2D eigenvalue weighted by atomic mass is 10.2. The molecule has 144 valence electrons. The second kappa shape index (κ2) is 8.13. The molecule has 27 heavy (non-hydrogen) atoms. The Bertz CT molecular complexity index is 831. The van der Waals surface area contributed by atoms with Crippen molar-refractivity contribution < 1.29 is 4.79 Å². The number of nitrogens with zero attached hydrogens (tertiary/aromatic N) is 4. The van der Waals surface area contributed by atoms with E-state index in [9.17, 15) is 4.79 Å². The van der Waals surface area contributed by atoms with Crippen LogP contribution in [-0.4, -0.2) is 47.1 Å². The Morgan fingerprint density at radius 2 is 1.81 bits per heavy atom. The number of anilines is 2. The van der Waals surface area contributed by atoms with E-state index >= 15 is 0 Å². The highest BCUT2D eigenvalue weighted by atomic mass is 35.5. The third kappa shape index (κ3) is 4.69. The van der Waals surface area contributed by atoms with Crippen LogP contribution in [0.3, 0.4) is 0 Å². The van der Waals surface area contributed by atoms with Crippen molar-refractivity contribution in [3.05, 3.63) is 46.4 Å². The van der Waals surface area contributed by atoms with Gasteiger partial charge < -0.3 is 15.1 Å². The quantitative estimate of drug-likeness (QED) is 0.856. The lowest BCUT2D eigenvalue weighted by Gasteiger charge is -2.35. The van der Waals surface area contributed by atoms with Crippen molar-refractivity contribution in [2.24, 2.45) is 0 Å². The summed E-state index contributed by atoms with van der Waals surface area (Å²) in [5.74, 6) is 2.09. The smallest absolute Gasteiger partial charge is 0.321 e. The number of urea groups is 1. The summed E-state index contributed by atoms with van der Waals surface area (Å²) in [7, 11) is 0. The highest BCUT2D eigenvalue weighted by molar-refractivity contribution is 6.31. The lowest BCUT2D eigenvalue weighted by Crippen LogP contribution is -2.50. The van der Waals surface area contributed by atoms with Crippen molar-refractivity contribution in [2.45, 2.75) is 33.6 Å². The predicted octanol–water partition coefficient (Wildman–Crippen LogP) is 4.22. The molecule has 1 aliphatic heterocycles. The normalized spacial score (nSPS) is 14.6. The van der Waals surface area contributed by atoms with Crippen molar-refractivity contribution in [3.63, 3.8) is 0 Å². The van der Waals surface area contributed by atoms with Gasteiger partial charge in [-0.05, 0) is 31.5 Å². The number of carbonyl (C=O) groups is 1. The molecule has 2 aromatic rings. The van der Waals surface area contributed by atoms with E-state index in [2.05, 4.69) is 29.0 Å². The zero-order chi connectivity index (χ0) is 19.6. The molecule has 0 spiro atoms. The van der Waals surface area contributed by atoms with E-state index in [-0.39, 0.29) is 11.9 Å². The van der Waals surface area contributed by atoms with Gasteiger partial charge in [0.2, 0.25) is 0 Å². The first kappa shape index (κ1) is 19.4. The molecule has 1 aromatic heterocycles. The molecule has 0 bridgehead atoms. The van der Waals surface area contributed by atoms with E-state index in [1.165, 1.54) is 0 Å². The van der Waals surface area contributed by atoms with Crippen LogP contribution >= 0.6 is 11.6 Å². The largest absolute Gasteiger partial charge is 0.353 e. The van der Waals surface area contributed by atoms with Gasteiger partial charge in [0.15, 0.2) is 0 Å². The molecule has 2 amide bonds. The van der Waals surface area contributed by atoms with Crippen LogP contribution in [0, 0.1) is 13.8 Å². The maximum absolute atomic E-state index is 12.5. The fourth-order valence-corrected chi connectivity index (χ4v) is 3.19. The number of carbonyl (C=O) groups excluding carboxylic acids is 1. The van der Waals surface area contributed by atoms with Gasteiger partial charge in [0.1, 0.15) is 11.6 Å². The number of hydrogen-bond donors (Lipinski definition) is 1. The van der Waals surface area contributed by atoms with Gasteiger partial charge in [-0.15, -0.1) is 0 Å². The minimum absolute atomic E-state index is 0.101. The Morgan fingerprint density at radius 1 is 1.11 bits per heavy atom. The monoisotopic (exact) mass is 387 g/mol. The molecule has 1 aliphatic rings. The number of halogens is 1. The molecule has 0 unspecified atom stereocenters. The number of amides is 2. The highest BCUT2D eigenvalue weighted by Crippen LogP contribution is 2.21. The van der Waals surface area contributed by atoms with E-state index in [4.69, 9.17) is 16.6 Å². The molecule has 7 heteroatoms. The first-order chi connectivity index (χ1) is 12.8. The average molecular weight is 388 g/mol. The Labute approximate surface area is 165 Å². The van der Waals surface area contributed by atoms with Crippen molar-refractivity contribution in [3.8, 4) is 0 Å². The van der Waals surface area contributed by atoms with Crippen LogP contribution in [0.25, 0.3) is 0 Å². The maximum atomic E-state index is 12.5. The number of aromatic nitrogens is 2. The summed E-state index contributed by atoms with van der Waals surface area (Å²) in [6.45, 7) is 10.9. The number of benzene rings is 1. The van der Waals surface area contributed by atoms with Crippen LogP contribution in [0.1, 0.15) is 36.8 Å². The van der Waals surface area contributed by atoms with Gasteiger partial charge in [-0.3, -0.25) is 0 Å². The molecule has 1 N–H and O–H groups in total. The standard InChI is InChI=1S/C20H26ClN5O/c1-13(2)19-22-15(4)11-18(24-19)25-7-9-26(10-8-25)20(27)23-16-6-5-14(3)17(21)12-16/h5-6,11-13H,7-10H2,1-4H3,(H,23,27). The third-order valence-corrected chi connectivity index (χ3v) is 5.10. The SMILES string of the molecule is Cc1cc(N2CCN(C(=O)Nc3ccc(C)c(Cl)c3)CC2)nc(C(C)C)n1. The summed E-state index contributed by atoms with van der Waals surface area (Å²) in [6.07, 6.45) is 0. The van der Waals surface area contributed by atoms with Crippen molar-refractivity contribution in [1.82, 2.24) is 14.9 Å². The van der Waals surface area contributed by atoms with Crippen molar-refractivity contribution in [1.29, 1.82) is 0 Å². The predicted molar refractivity (Wildman–Crippen MR) is 110 cm³/mol. The zero-order valence-electron chi connectivity index (χ0n) is 16.3. The first-order valence-electron chi connectivity index (χ1n) is 9.26. The van der Waals surface area contributed by atoms with Gasteiger partial charge in [0, 0.05) is 54.6 Å². The van der Waals surface area contributed by atoms with Crippen LogP contribution in [0.4, 0.5) is 16.3 Å². The molecule has 0 atom stereocenters. The van der Waals surface area contributed by atoms with Crippen molar-refractivity contribution >= 4 is 29.1 Å². The summed E-state index contributed by atoms with van der Waals surface area (Å²) in [5, 5.41) is 3.58. The molecule has 1 aromatic carbocycles. The van der Waals surface area contributed by atoms with E-state index in [1.54, 1.807) is 6.07 Å².